The predicted molar refractivity (Wildman–Crippen MR) is 68.6 cm³/mol. The fraction of sp³-hybridized carbons (Fsp3) is 0.571. The first kappa shape index (κ1) is 14.0. The van der Waals surface area contributed by atoms with Crippen molar-refractivity contribution in [2.24, 2.45) is 11.1 Å². The molecule has 0 aromatic heterocycles. The summed E-state index contributed by atoms with van der Waals surface area (Å²) in [6.45, 7) is 8.72. The number of rotatable bonds is 4. The predicted octanol–water partition coefficient (Wildman–Crippen LogP) is 3.66. The number of ether oxygens (including phenoxy) is 1. The summed E-state index contributed by atoms with van der Waals surface area (Å²) in [5.74, 6) is -0.0412. The van der Waals surface area contributed by atoms with Crippen LogP contribution in [0, 0.1) is 11.2 Å². The lowest BCUT2D eigenvalue weighted by Gasteiger charge is -2.20. The third-order valence-corrected chi connectivity index (χ3v) is 2.59. The number of benzene rings is 1. The number of halogens is 1. The van der Waals surface area contributed by atoms with E-state index in [1.54, 1.807) is 12.1 Å². The molecule has 2 nitrogen and oxygen atoms in total. The van der Waals surface area contributed by atoms with E-state index >= 15 is 0 Å². The molecule has 0 aliphatic rings. The van der Waals surface area contributed by atoms with Crippen LogP contribution in [0.5, 0.6) is 5.75 Å². The van der Waals surface area contributed by atoms with Crippen molar-refractivity contribution in [2.75, 3.05) is 6.61 Å². The molecule has 2 N–H and O–H groups in total. The van der Waals surface area contributed by atoms with E-state index in [1.807, 2.05) is 6.92 Å². The molecule has 96 valence electrons. The van der Waals surface area contributed by atoms with Crippen LogP contribution < -0.4 is 10.5 Å². The van der Waals surface area contributed by atoms with Gasteiger partial charge >= 0.3 is 0 Å². The first-order valence-electron chi connectivity index (χ1n) is 5.98. The van der Waals surface area contributed by atoms with Crippen molar-refractivity contribution in [2.45, 2.75) is 40.2 Å². The quantitative estimate of drug-likeness (QED) is 0.870. The molecule has 0 spiro atoms. The van der Waals surface area contributed by atoms with Crippen molar-refractivity contribution < 1.29 is 9.13 Å². The lowest BCUT2D eigenvalue weighted by molar-refractivity contribution is 0.232. The van der Waals surface area contributed by atoms with Crippen LogP contribution in [0.1, 0.15) is 45.7 Å². The van der Waals surface area contributed by atoms with Crippen molar-refractivity contribution in [1.82, 2.24) is 0 Å². The molecule has 0 amide bonds. The summed E-state index contributed by atoms with van der Waals surface area (Å²) in [5, 5.41) is 0. The Bertz CT molecular complexity index is 369. The maximum atomic E-state index is 13.6. The fourth-order valence-electron chi connectivity index (χ4n) is 1.50. The zero-order chi connectivity index (χ0) is 13.1. The lowest BCUT2D eigenvalue weighted by Crippen LogP contribution is -2.14. The first-order valence-corrected chi connectivity index (χ1v) is 5.98. The molecule has 17 heavy (non-hydrogen) atoms. The summed E-state index contributed by atoms with van der Waals surface area (Å²) in [4.78, 5) is 0. The molecule has 0 unspecified atom stereocenters. The maximum absolute atomic E-state index is 13.6. The second kappa shape index (κ2) is 5.50. The van der Waals surface area contributed by atoms with Crippen molar-refractivity contribution in [1.29, 1.82) is 0 Å². The Balaban J connectivity index is 2.76. The van der Waals surface area contributed by atoms with Crippen molar-refractivity contribution in [3.8, 4) is 5.75 Å². The summed E-state index contributed by atoms with van der Waals surface area (Å²) in [6, 6.07) is 4.64. The second-order valence-electron chi connectivity index (χ2n) is 5.61. The highest BCUT2D eigenvalue weighted by Crippen LogP contribution is 2.28. The average molecular weight is 239 g/mol. The van der Waals surface area contributed by atoms with Crippen LogP contribution in [0.3, 0.4) is 0 Å². The van der Waals surface area contributed by atoms with E-state index in [1.165, 1.54) is 6.07 Å². The summed E-state index contributed by atoms with van der Waals surface area (Å²) in [6.07, 6.45) is 0.875. The van der Waals surface area contributed by atoms with E-state index in [9.17, 15) is 4.39 Å². The van der Waals surface area contributed by atoms with Gasteiger partial charge < -0.3 is 10.5 Å². The lowest BCUT2D eigenvalue weighted by atomic mass is 9.93. The number of hydrogen-bond donors (Lipinski definition) is 1. The van der Waals surface area contributed by atoms with E-state index in [-0.39, 0.29) is 17.3 Å². The van der Waals surface area contributed by atoms with E-state index in [0.29, 0.717) is 12.4 Å². The number of para-hydroxylation sites is 1. The largest absolute Gasteiger partial charge is 0.490 e. The minimum absolute atomic E-state index is 0.180. The molecule has 0 radical (unpaired) electrons. The molecular weight excluding hydrogens is 217 g/mol. The van der Waals surface area contributed by atoms with Crippen molar-refractivity contribution >= 4 is 0 Å². The van der Waals surface area contributed by atoms with Gasteiger partial charge in [0, 0.05) is 11.6 Å². The standard InChI is InChI=1S/C14H22FNO/c1-10(16)11-6-5-7-12(15)13(11)17-9-8-14(2,3)4/h5-7,10H,8-9,16H2,1-4H3/t10-/m0/s1. The highest BCUT2D eigenvalue weighted by Gasteiger charge is 2.15. The molecule has 0 saturated heterocycles. The van der Waals surface area contributed by atoms with Crippen molar-refractivity contribution in [3.05, 3.63) is 29.6 Å². The van der Waals surface area contributed by atoms with Crippen LogP contribution in [0.15, 0.2) is 18.2 Å². The third kappa shape index (κ3) is 4.35. The Morgan fingerprint density at radius 1 is 1.35 bits per heavy atom. The first-order chi connectivity index (χ1) is 7.81. The Labute approximate surface area is 103 Å². The van der Waals surface area contributed by atoms with Gasteiger partial charge in [0.1, 0.15) is 0 Å². The van der Waals surface area contributed by atoms with Crippen molar-refractivity contribution in [3.63, 3.8) is 0 Å². The number of nitrogens with two attached hydrogens (primary N) is 1. The van der Waals surface area contributed by atoms with E-state index in [2.05, 4.69) is 20.8 Å². The molecule has 1 rings (SSSR count). The van der Waals surface area contributed by atoms with Gasteiger partial charge in [0.25, 0.3) is 0 Å². The summed E-state index contributed by atoms with van der Waals surface area (Å²) < 4.78 is 19.2. The average Bonchev–Trinajstić information content (AvgIpc) is 2.18. The number of hydrogen-bond acceptors (Lipinski definition) is 2. The summed E-state index contributed by atoms with van der Waals surface area (Å²) in [7, 11) is 0. The zero-order valence-electron chi connectivity index (χ0n) is 11.1. The molecule has 1 aromatic carbocycles. The van der Waals surface area contributed by atoms with E-state index in [0.717, 1.165) is 12.0 Å². The van der Waals surface area contributed by atoms with Crippen LogP contribution in [0.25, 0.3) is 0 Å². The Kier molecular flexibility index (Phi) is 4.52. The van der Waals surface area contributed by atoms with Crippen LogP contribution in [0.4, 0.5) is 4.39 Å². The molecule has 0 aliphatic carbocycles. The maximum Gasteiger partial charge on any atom is 0.165 e. The van der Waals surface area contributed by atoms with Gasteiger partial charge in [0.05, 0.1) is 6.61 Å². The summed E-state index contributed by atoms with van der Waals surface area (Å²) in [5.41, 5.74) is 6.70. The van der Waals surface area contributed by atoms with Gasteiger partial charge in [-0.1, -0.05) is 32.9 Å². The van der Waals surface area contributed by atoms with E-state index in [4.69, 9.17) is 10.5 Å². The molecule has 0 bridgehead atoms. The molecule has 1 aromatic rings. The second-order valence-corrected chi connectivity index (χ2v) is 5.61. The van der Waals surface area contributed by atoms with Crippen LogP contribution in [-0.4, -0.2) is 6.61 Å². The van der Waals surface area contributed by atoms with Gasteiger partial charge in [-0.3, -0.25) is 0 Å². The monoisotopic (exact) mass is 239 g/mol. The van der Waals surface area contributed by atoms with Crippen LogP contribution >= 0.6 is 0 Å². The van der Waals surface area contributed by atoms with Gasteiger partial charge in [-0.05, 0) is 24.8 Å². The smallest absolute Gasteiger partial charge is 0.165 e. The fourth-order valence-corrected chi connectivity index (χ4v) is 1.50. The SMILES string of the molecule is C[C@H](N)c1cccc(F)c1OCCC(C)(C)C. The van der Waals surface area contributed by atoms with Gasteiger partial charge in [0.15, 0.2) is 11.6 Å². The molecular formula is C14H22FNO. The van der Waals surface area contributed by atoms with Crippen LogP contribution in [0.2, 0.25) is 0 Å². The van der Waals surface area contributed by atoms with Gasteiger partial charge in [-0.15, -0.1) is 0 Å². The molecule has 0 heterocycles. The van der Waals surface area contributed by atoms with E-state index < -0.39 is 0 Å². The Morgan fingerprint density at radius 2 is 2.00 bits per heavy atom. The highest BCUT2D eigenvalue weighted by atomic mass is 19.1. The van der Waals surface area contributed by atoms with Crippen LogP contribution in [-0.2, 0) is 0 Å². The minimum Gasteiger partial charge on any atom is -0.490 e. The zero-order valence-corrected chi connectivity index (χ0v) is 11.1. The van der Waals surface area contributed by atoms with Gasteiger partial charge in [-0.25, -0.2) is 4.39 Å². The topological polar surface area (TPSA) is 35.2 Å². The minimum atomic E-state index is -0.339. The highest BCUT2D eigenvalue weighted by molar-refractivity contribution is 5.36. The third-order valence-electron chi connectivity index (χ3n) is 2.59. The molecule has 1 atom stereocenters. The molecule has 0 fully saturated rings. The molecule has 3 heteroatoms. The Hall–Kier alpha value is -1.09. The molecule has 0 aliphatic heterocycles. The van der Waals surface area contributed by atoms with Gasteiger partial charge in [-0.2, -0.15) is 0 Å². The molecule has 0 saturated carbocycles. The van der Waals surface area contributed by atoms with Gasteiger partial charge in [0.2, 0.25) is 0 Å². The Morgan fingerprint density at radius 3 is 2.53 bits per heavy atom. The summed E-state index contributed by atoms with van der Waals surface area (Å²) >= 11 is 0. The normalized spacial score (nSPS) is 13.5.